The number of carbonyl (C=O) groups is 1. The molecule has 2 aromatic carbocycles. The quantitative estimate of drug-likeness (QED) is 0.756. The van der Waals surface area contributed by atoms with Gasteiger partial charge in [-0.05, 0) is 42.0 Å². The number of anilines is 1. The Morgan fingerprint density at radius 3 is 2.54 bits per heavy atom. The van der Waals surface area contributed by atoms with Gasteiger partial charge in [0.25, 0.3) is 0 Å². The van der Waals surface area contributed by atoms with Crippen molar-refractivity contribution in [3.8, 4) is 5.75 Å². The Labute approximate surface area is 159 Å². The van der Waals surface area contributed by atoms with Crippen molar-refractivity contribution in [2.45, 2.75) is 38.0 Å². The minimum absolute atomic E-state index is 0.0221. The first-order chi connectivity index (χ1) is 12.7. The summed E-state index contributed by atoms with van der Waals surface area (Å²) >= 11 is 6.11. The smallest absolute Gasteiger partial charge is 0.228 e. The summed E-state index contributed by atoms with van der Waals surface area (Å²) in [6.45, 7) is 0. The molecule has 0 aromatic heterocycles. The molecule has 2 aromatic rings. The summed E-state index contributed by atoms with van der Waals surface area (Å²) in [4.78, 5) is 13.2. The van der Waals surface area contributed by atoms with Crippen LogP contribution in [0.3, 0.4) is 0 Å². The average Bonchev–Trinajstić information content (AvgIpc) is 3.30. The Morgan fingerprint density at radius 2 is 1.85 bits per heavy atom. The van der Waals surface area contributed by atoms with Crippen LogP contribution >= 0.6 is 11.6 Å². The van der Waals surface area contributed by atoms with Crippen LogP contribution in [0, 0.1) is 11.3 Å². The van der Waals surface area contributed by atoms with E-state index in [-0.39, 0.29) is 17.2 Å². The third-order valence-corrected chi connectivity index (χ3v) is 6.34. The minimum atomic E-state index is 0.0221. The third kappa shape index (κ3) is 2.99. The van der Waals surface area contributed by atoms with E-state index >= 15 is 0 Å². The van der Waals surface area contributed by atoms with Crippen LogP contribution in [0.2, 0.25) is 5.02 Å². The summed E-state index contributed by atoms with van der Waals surface area (Å²) in [5.74, 6) is 1.06. The zero-order valence-electron chi connectivity index (χ0n) is 15.0. The number of hydrogen-bond acceptors (Lipinski definition) is 2. The standard InChI is InChI=1S/C22H24ClNO2/c1-26-18-11-10-16(23)14-17(18)24-21(25)20-19(15-8-4-2-5-9-15)22(20)12-6-3-7-13-22/h2,4-5,8-11,14,19-20H,3,6-7,12-13H2,1H3,(H,24,25). The predicted molar refractivity (Wildman–Crippen MR) is 105 cm³/mol. The lowest BCUT2D eigenvalue weighted by molar-refractivity contribution is -0.118. The van der Waals surface area contributed by atoms with Gasteiger partial charge < -0.3 is 10.1 Å². The number of ether oxygens (including phenoxy) is 1. The van der Waals surface area contributed by atoms with Crippen molar-refractivity contribution in [1.29, 1.82) is 0 Å². The first kappa shape index (κ1) is 17.4. The number of methoxy groups -OCH3 is 1. The molecular formula is C22H24ClNO2. The van der Waals surface area contributed by atoms with Gasteiger partial charge in [0.1, 0.15) is 5.75 Å². The molecule has 0 bridgehead atoms. The monoisotopic (exact) mass is 369 g/mol. The summed E-state index contributed by atoms with van der Waals surface area (Å²) in [6, 6.07) is 15.8. The van der Waals surface area contributed by atoms with Gasteiger partial charge in [-0.15, -0.1) is 0 Å². The average molecular weight is 370 g/mol. The summed E-state index contributed by atoms with van der Waals surface area (Å²) in [7, 11) is 1.60. The molecule has 2 unspecified atom stereocenters. The van der Waals surface area contributed by atoms with Crippen LogP contribution in [0.4, 0.5) is 5.69 Å². The number of hydrogen-bond donors (Lipinski definition) is 1. The minimum Gasteiger partial charge on any atom is -0.495 e. The first-order valence-corrected chi connectivity index (χ1v) is 9.73. The second-order valence-corrected chi connectivity index (χ2v) is 7.93. The van der Waals surface area contributed by atoms with Crippen LogP contribution in [0.5, 0.6) is 5.75 Å². The molecule has 3 nitrogen and oxygen atoms in total. The van der Waals surface area contributed by atoms with E-state index in [1.165, 1.54) is 24.8 Å². The molecule has 4 rings (SSSR count). The highest BCUT2D eigenvalue weighted by molar-refractivity contribution is 6.31. The fourth-order valence-electron chi connectivity index (χ4n) is 4.91. The number of rotatable bonds is 4. The number of amides is 1. The predicted octanol–water partition coefficient (Wildman–Crippen LogP) is 5.65. The van der Waals surface area contributed by atoms with Crippen LogP contribution in [0.1, 0.15) is 43.6 Å². The van der Waals surface area contributed by atoms with Gasteiger partial charge in [0, 0.05) is 10.9 Å². The van der Waals surface area contributed by atoms with Crippen LogP contribution in [-0.2, 0) is 4.79 Å². The van der Waals surface area contributed by atoms with Crippen molar-refractivity contribution in [2.75, 3.05) is 12.4 Å². The van der Waals surface area contributed by atoms with Crippen molar-refractivity contribution in [1.82, 2.24) is 0 Å². The highest BCUT2D eigenvalue weighted by Gasteiger charge is 2.67. The molecule has 2 aliphatic carbocycles. The molecule has 0 aliphatic heterocycles. The Bertz CT molecular complexity index is 799. The molecule has 2 fully saturated rings. The molecule has 26 heavy (non-hydrogen) atoms. The molecule has 4 heteroatoms. The Hall–Kier alpha value is -2.00. The number of nitrogens with one attached hydrogen (secondary N) is 1. The highest BCUT2D eigenvalue weighted by atomic mass is 35.5. The second-order valence-electron chi connectivity index (χ2n) is 7.49. The van der Waals surface area contributed by atoms with Gasteiger partial charge in [-0.25, -0.2) is 0 Å². The van der Waals surface area contributed by atoms with Crippen molar-refractivity contribution >= 4 is 23.2 Å². The van der Waals surface area contributed by atoms with Gasteiger partial charge >= 0.3 is 0 Å². The van der Waals surface area contributed by atoms with Crippen LogP contribution in [-0.4, -0.2) is 13.0 Å². The maximum Gasteiger partial charge on any atom is 0.228 e. The fraction of sp³-hybridized carbons (Fsp3) is 0.409. The van der Waals surface area contributed by atoms with E-state index in [0.717, 1.165) is 12.8 Å². The molecule has 1 amide bonds. The van der Waals surface area contributed by atoms with E-state index in [0.29, 0.717) is 22.4 Å². The van der Waals surface area contributed by atoms with E-state index in [9.17, 15) is 4.79 Å². The Morgan fingerprint density at radius 1 is 1.12 bits per heavy atom. The Kier molecular flexibility index (Phi) is 4.66. The topological polar surface area (TPSA) is 38.3 Å². The molecule has 1 spiro atoms. The largest absolute Gasteiger partial charge is 0.495 e. The van der Waals surface area contributed by atoms with E-state index in [4.69, 9.17) is 16.3 Å². The fourth-order valence-corrected chi connectivity index (χ4v) is 5.08. The van der Waals surface area contributed by atoms with Gasteiger partial charge in [-0.1, -0.05) is 61.2 Å². The normalized spacial score (nSPS) is 23.5. The van der Waals surface area contributed by atoms with E-state index in [1.54, 1.807) is 25.3 Å². The van der Waals surface area contributed by atoms with E-state index in [1.807, 2.05) is 6.07 Å². The lowest BCUT2D eigenvalue weighted by Gasteiger charge is -2.23. The molecule has 2 aliphatic rings. The molecule has 0 saturated heterocycles. The van der Waals surface area contributed by atoms with Crippen LogP contribution in [0.25, 0.3) is 0 Å². The van der Waals surface area contributed by atoms with Crippen molar-refractivity contribution in [2.24, 2.45) is 11.3 Å². The first-order valence-electron chi connectivity index (χ1n) is 9.35. The molecule has 1 N–H and O–H groups in total. The zero-order valence-corrected chi connectivity index (χ0v) is 15.8. The number of benzene rings is 2. The lowest BCUT2D eigenvalue weighted by atomic mass is 9.82. The molecule has 136 valence electrons. The highest BCUT2D eigenvalue weighted by Crippen LogP contribution is 2.71. The maximum atomic E-state index is 13.2. The second kappa shape index (κ2) is 6.96. The van der Waals surface area contributed by atoms with Crippen LogP contribution < -0.4 is 10.1 Å². The summed E-state index contributed by atoms with van der Waals surface area (Å²) < 4.78 is 5.38. The molecule has 0 heterocycles. The van der Waals surface area contributed by atoms with Gasteiger partial charge in [-0.3, -0.25) is 4.79 Å². The maximum absolute atomic E-state index is 13.2. The summed E-state index contributed by atoms with van der Waals surface area (Å²) in [5, 5.41) is 3.67. The van der Waals surface area contributed by atoms with Crippen molar-refractivity contribution in [3.63, 3.8) is 0 Å². The van der Waals surface area contributed by atoms with Crippen LogP contribution in [0.15, 0.2) is 48.5 Å². The SMILES string of the molecule is COc1ccc(Cl)cc1NC(=O)C1C(c2ccccc2)C12CCCCC2. The van der Waals surface area contributed by atoms with Crippen molar-refractivity contribution in [3.05, 3.63) is 59.1 Å². The summed E-state index contributed by atoms with van der Waals surface area (Å²) in [5.41, 5.74) is 2.05. The zero-order chi connectivity index (χ0) is 18.1. The van der Waals surface area contributed by atoms with Gasteiger partial charge in [0.05, 0.1) is 18.7 Å². The lowest BCUT2D eigenvalue weighted by Crippen LogP contribution is -2.20. The molecule has 0 radical (unpaired) electrons. The van der Waals surface area contributed by atoms with Crippen molar-refractivity contribution < 1.29 is 9.53 Å². The van der Waals surface area contributed by atoms with E-state index in [2.05, 4.69) is 29.6 Å². The molecule has 2 saturated carbocycles. The Balaban J connectivity index is 1.61. The molecular weight excluding hydrogens is 346 g/mol. The number of halogens is 1. The van der Waals surface area contributed by atoms with E-state index < -0.39 is 0 Å². The number of carbonyl (C=O) groups excluding carboxylic acids is 1. The van der Waals surface area contributed by atoms with Gasteiger partial charge in [0.2, 0.25) is 5.91 Å². The molecule has 2 atom stereocenters. The van der Waals surface area contributed by atoms with Gasteiger partial charge in [0.15, 0.2) is 0 Å². The third-order valence-electron chi connectivity index (χ3n) is 6.11. The van der Waals surface area contributed by atoms with Gasteiger partial charge in [-0.2, -0.15) is 0 Å². The summed E-state index contributed by atoms with van der Waals surface area (Å²) in [6.07, 6.45) is 5.98.